The third kappa shape index (κ3) is 3.64. The molecule has 1 aromatic carbocycles. The average molecular weight is 307 g/mol. The van der Waals surface area contributed by atoms with Crippen LogP contribution in [-0.4, -0.2) is 18.6 Å². The summed E-state index contributed by atoms with van der Waals surface area (Å²) in [5.74, 6) is 0.523. The lowest BCUT2D eigenvalue weighted by Gasteiger charge is -2.10. The summed E-state index contributed by atoms with van der Waals surface area (Å²) in [6, 6.07) is 7.51. The van der Waals surface area contributed by atoms with E-state index in [1.807, 2.05) is 18.2 Å². The van der Waals surface area contributed by atoms with E-state index < -0.39 is 10.0 Å². The molecule has 21 heavy (non-hydrogen) atoms. The summed E-state index contributed by atoms with van der Waals surface area (Å²) < 4.78 is 27.6. The van der Waals surface area contributed by atoms with E-state index in [0.29, 0.717) is 23.0 Å². The molecule has 0 saturated carbocycles. The maximum atomic E-state index is 12.5. The van der Waals surface area contributed by atoms with Gasteiger partial charge in [0.25, 0.3) is 10.0 Å². The number of hydrogen-bond donors (Lipinski definition) is 2. The molecule has 2 aromatic rings. The number of rotatable bonds is 5. The number of anilines is 1. The Balaban J connectivity index is 2.29. The number of benzene rings is 1. The van der Waals surface area contributed by atoms with E-state index >= 15 is 0 Å². The maximum absolute atomic E-state index is 12.5. The normalized spacial score (nSPS) is 11.9. The molecule has 0 bridgehead atoms. The summed E-state index contributed by atoms with van der Waals surface area (Å²) in [5, 5.41) is 6.63. The van der Waals surface area contributed by atoms with Crippen LogP contribution in [0.4, 0.5) is 5.69 Å². The van der Waals surface area contributed by atoms with Crippen LogP contribution in [0.15, 0.2) is 29.2 Å². The summed E-state index contributed by atoms with van der Waals surface area (Å²) in [4.78, 5) is 0.219. The first-order valence-electron chi connectivity index (χ1n) is 6.93. The molecule has 0 radical (unpaired) electrons. The molecule has 0 aliphatic rings. The third-order valence-electron chi connectivity index (χ3n) is 3.15. The van der Waals surface area contributed by atoms with Crippen LogP contribution in [0.1, 0.15) is 30.8 Å². The van der Waals surface area contributed by atoms with Crippen molar-refractivity contribution >= 4 is 15.7 Å². The Hall–Kier alpha value is -1.82. The molecular weight excluding hydrogens is 286 g/mol. The number of nitrogens with one attached hydrogen (secondary N) is 2. The van der Waals surface area contributed by atoms with Gasteiger partial charge in [0.15, 0.2) is 0 Å². The zero-order chi connectivity index (χ0) is 15.6. The van der Waals surface area contributed by atoms with Crippen molar-refractivity contribution in [2.75, 3.05) is 4.72 Å². The number of aryl methyl sites for hydroxylation is 2. The molecular formula is C15H21N3O2S. The van der Waals surface area contributed by atoms with Crippen LogP contribution in [-0.2, 0) is 16.4 Å². The van der Waals surface area contributed by atoms with Gasteiger partial charge in [0.05, 0.1) is 11.4 Å². The molecule has 0 aliphatic heterocycles. The third-order valence-corrected chi connectivity index (χ3v) is 4.80. The van der Waals surface area contributed by atoms with Gasteiger partial charge in [-0.25, -0.2) is 8.42 Å². The van der Waals surface area contributed by atoms with E-state index in [1.165, 1.54) is 0 Å². The zero-order valence-electron chi connectivity index (χ0n) is 12.8. The largest absolute Gasteiger partial charge is 0.281 e. The Morgan fingerprint density at radius 1 is 1.29 bits per heavy atom. The molecule has 0 amide bonds. The second-order valence-corrected chi connectivity index (χ2v) is 7.29. The van der Waals surface area contributed by atoms with Crippen LogP contribution in [0.25, 0.3) is 0 Å². The number of nitrogens with zero attached hydrogens (tertiary/aromatic N) is 1. The molecule has 5 nitrogen and oxygen atoms in total. The average Bonchev–Trinajstić information content (AvgIpc) is 2.68. The molecule has 0 atom stereocenters. The fraction of sp³-hybridized carbons (Fsp3) is 0.400. The number of aromatic amines is 1. The van der Waals surface area contributed by atoms with Gasteiger partial charge in [0.1, 0.15) is 4.90 Å². The van der Waals surface area contributed by atoms with E-state index in [4.69, 9.17) is 0 Å². The summed E-state index contributed by atoms with van der Waals surface area (Å²) in [6.07, 6.45) is 0.916. The predicted molar refractivity (Wildman–Crippen MR) is 83.9 cm³/mol. The van der Waals surface area contributed by atoms with Gasteiger partial charge in [-0.05, 0) is 43.9 Å². The molecule has 114 valence electrons. The highest BCUT2D eigenvalue weighted by Gasteiger charge is 2.22. The van der Waals surface area contributed by atoms with Crippen LogP contribution in [0.2, 0.25) is 0 Å². The highest BCUT2D eigenvalue weighted by molar-refractivity contribution is 7.92. The Bertz CT molecular complexity index is 714. The topological polar surface area (TPSA) is 74.8 Å². The monoisotopic (exact) mass is 307 g/mol. The minimum Gasteiger partial charge on any atom is -0.281 e. The molecule has 6 heteroatoms. The van der Waals surface area contributed by atoms with E-state index in [2.05, 4.69) is 28.8 Å². The molecule has 0 spiro atoms. The van der Waals surface area contributed by atoms with Crippen LogP contribution in [0, 0.1) is 19.8 Å². The minimum atomic E-state index is -3.62. The SMILES string of the molecule is Cc1n[nH]c(C)c1S(=O)(=O)Nc1cccc(CC(C)C)c1. The van der Waals surface area contributed by atoms with Crippen molar-refractivity contribution in [3.63, 3.8) is 0 Å². The van der Waals surface area contributed by atoms with Gasteiger partial charge in [-0.3, -0.25) is 9.82 Å². The van der Waals surface area contributed by atoms with Crippen LogP contribution in [0.3, 0.4) is 0 Å². The lowest BCUT2D eigenvalue weighted by Crippen LogP contribution is -2.14. The van der Waals surface area contributed by atoms with Crippen molar-refractivity contribution in [1.82, 2.24) is 10.2 Å². The number of sulfonamides is 1. The highest BCUT2D eigenvalue weighted by atomic mass is 32.2. The Morgan fingerprint density at radius 3 is 2.57 bits per heavy atom. The molecule has 1 heterocycles. The molecule has 2 N–H and O–H groups in total. The Labute approximate surface area is 125 Å². The fourth-order valence-corrected chi connectivity index (χ4v) is 3.80. The van der Waals surface area contributed by atoms with E-state index in [0.717, 1.165) is 12.0 Å². The zero-order valence-corrected chi connectivity index (χ0v) is 13.6. The molecule has 0 saturated heterocycles. The quantitative estimate of drug-likeness (QED) is 0.891. The lowest BCUT2D eigenvalue weighted by atomic mass is 10.0. The predicted octanol–water partition coefficient (Wildman–Crippen LogP) is 3.03. The van der Waals surface area contributed by atoms with Gasteiger partial charge in [0.2, 0.25) is 0 Å². The lowest BCUT2D eigenvalue weighted by molar-refractivity contribution is 0.600. The van der Waals surface area contributed by atoms with Gasteiger partial charge < -0.3 is 0 Å². The van der Waals surface area contributed by atoms with Crippen molar-refractivity contribution in [1.29, 1.82) is 0 Å². The van der Waals surface area contributed by atoms with Gasteiger partial charge >= 0.3 is 0 Å². The van der Waals surface area contributed by atoms with Crippen LogP contribution < -0.4 is 4.72 Å². The van der Waals surface area contributed by atoms with Crippen molar-refractivity contribution in [3.8, 4) is 0 Å². The summed E-state index contributed by atoms with van der Waals surface area (Å²) in [5.41, 5.74) is 2.70. The number of aromatic nitrogens is 2. The molecule has 0 unspecified atom stereocenters. The van der Waals surface area contributed by atoms with Gasteiger partial charge in [0, 0.05) is 5.69 Å². The highest BCUT2D eigenvalue weighted by Crippen LogP contribution is 2.22. The fourth-order valence-electron chi connectivity index (χ4n) is 2.38. The van der Waals surface area contributed by atoms with E-state index in [1.54, 1.807) is 19.9 Å². The van der Waals surface area contributed by atoms with Gasteiger partial charge in [-0.15, -0.1) is 0 Å². The van der Waals surface area contributed by atoms with E-state index in [-0.39, 0.29) is 4.90 Å². The smallest absolute Gasteiger partial charge is 0.265 e. The van der Waals surface area contributed by atoms with Crippen LogP contribution in [0.5, 0.6) is 0 Å². The molecule has 0 fully saturated rings. The standard InChI is InChI=1S/C15H21N3O2S/c1-10(2)8-13-6-5-7-14(9-13)18-21(19,20)15-11(3)16-17-12(15)4/h5-7,9-10,18H,8H2,1-4H3,(H,16,17). The van der Waals surface area contributed by atoms with Crippen molar-refractivity contribution in [2.45, 2.75) is 39.0 Å². The number of hydrogen-bond acceptors (Lipinski definition) is 3. The number of H-pyrrole nitrogens is 1. The second kappa shape index (κ2) is 5.89. The first kappa shape index (κ1) is 15.6. The second-order valence-electron chi connectivity index (χ2n) is 5.67. The molecule has 1 aromatic heterocycles. The van der Waals surface area contributed by atoms with Crippen LogP contribution >= 0.6 is 0 Å². The molecule has 0 aliphatic carbocycles. The summed E-state index contributed by atoms with van der Waals surface area (Å²) in [7, 11) is -3.62. The molecule has 2 rings (SSSR count). The Kier molecular flexibility index (Phi) is 4.37. The van der Waals surface area contributed by atoms with Gasteiger partial charge in [-0.2, -0.15) is 5.10 Å². The summed E-state index contributed by atoms with van der Waals surface area (Å²) >= 11 is 0. The first-order chi connectivity index (χ1) is 9.79. The van der Waals surface area contributed by atoms with E-state index in [9.17, 15) is 8.42 Å². The Morgan fingerprint density at radius 2 is 2.00 bits per heavy atom. The van der Waals surface area contributed by atoms with Crippen molar-refractivity contribution < 1.29 is 8.42 Å². The maximum Gasteiger partial charge on any atom is 0.265 e. The minimum absolute atomic E-state index is 0.219. The van der Waals surface area contributed by atoms with Crippen molar-refractivity contribution in [3.05, 3.63) is 41.2 Å². The van der Waals surface area contributed by atoms with Crippen molar-refractivity contribution in [2.24, 2.45) is 5.92 Å². The summed E-state index contributed by atoms with van der Waals surface area (Å²) in [6.45, 7) is 7.64. The van der Waals surface area contributed by atoms with Gasteiger partial charge in [-0.1, -0.05) is 26.0 Å². The first-order valence-corrected chi connectivity index (χ1v) is 8.41.